The summed E-state index contributed by atoms with van der Waals surface area (Å²) in [5.41, 5.74) is 19.0. The molecule has 0 bridgehead atoms. The predicted octanol–water partition coefficient (Wildman–Crippen LogP) is 24.5. The van der Waals surface area contributed by atoms with E-state index in [2.05, 4.69) is 142 Å². The molecule has 1 unspecified atom stereocenters. The number of carbonyl (C=O) groups is 6. The molecule has 4 aromatic carbocycles. The van der Waals surface area contributed by atoms with Gasteiger partial charge in [0, 0.05) is 152 Å². The molecule has 0 radical (unpaired) electrons. The molecular formula is C115H145ClN12O11. The molecule has 0 saturated heterocycles. The number of Topliss-reactive ketones (excluding diaryl/α,β-unsaturated/α-hetero) is 3. The number of hydrogen-bond acceptors (Lipinski definition) is 20. The van der Waals surface area contributed by atoms with Crippen LogP contribution in [-0.4, -0.2) is 165 Å². The van der Waals surface area contributed by atoms with Crippen molar-refractivity contribution in [3.05, 3.63) is 225 Å². The van der Waals surface area contributed by atoms with Crippen LogP contribution < -0.4 is 0 Å². The summed E-state index contributed by atoms with van der Waals surface area (Å²) in [6.07, 6.45) is 21.1. The zero-order valence-electron chi connectivity index (χ0n) is 82.6. The monoisotopic (exact) mass is 1910 g/mol. The number of fused-ring (bicyclic) bond motifs is 13. The number of aromatic nitrogens is 9. The molecule has 8 aliphatic carbocycles. The van der Waals surface area contributed by atoms with E-state index in [4.69, 9.17) is 65.0 Å². The van der Waals surface area contributed by atoms with Gasteiger partial charge in [-0.3, -0.25) is 14.4 Å². The van der Waals surface area contributed by atoms with Crippen LogP contribution >= 0.6 is 11.6 Å². The van der Waals surface area contributed by atoms with Crippen LogP contribution in [0.3, 0.4) is 0 Å². The van der Waals surface area contributed by atoms with E-state index < -0.39 is 22.9 Å². The van der Waals surface area contributed by atoms with Crippen molar-refractivity contribution in [2.24, 2.45) is 41.4 Å². The molecule has 9 aromatic rings. The highest BCUT2D eigenvalue weighted by atomic mass is 35.5. The highest BCUT2D eigenvalue weighted by molar-refractivity contribution is 6.28. The first-order valence-electron chi connectivity index (χ1n) is 49.3. The zero-order valence-corrected chi connectivity index (χ0v) is 83.3. The first-order chi connectivity index (χ1) is 64.7. The van der Waals surface area contributed by atoms with E-state index in [0.717, 1.165) is 179 Å². The lowest BCUT2D eigenvalue weighted by Gasteiger charge is -2.50. The number of carbonyl (C=O) groups excluding carboxylic acids is 6. The van der Waals surface area contributed by atoms with E-state index >= 15 is 0 Å². The van der Waals surface area contributed by atoms with Crippen molar-refractivity contribution in [1.82, 2.24) is 59.7 Å². The SMILES string of the molecule is C.C.C.COC1C[C@@]2(C)c3nc(C4=CCCN(C(=O)OC(C)(C)C)C4)nc(-c4ccccc4)c3CC[C@@H]2[C@@H](C)C1=O.C[C@H]1C(=O)CC[C@@]2(C)c3nc(C4=CCCN(C(=O)OC(C)(C)C)C4)nc(-c4ccccc4)c3CC[C@H]12.C[C@H]1C(=O)CC[C@@]2(C)c3nc(Cl)nc(-c4ccccc4)c3CC[C@H]12.C[C@H]1c2oncc2C[C@@]2(C)c3nc(C4=CCCN(C(=O)OC(C)(C)C)C4)nc(-c4ccccc4)c3CC[C@H]12. The van der Waals surface area contributed by atoms with Gasteiger partial charge in [-0.25, -0.2) is 54.3 Å². The fourth-order valence-electron chi connectivity index (χ4n) is 24.3. The number of ether oxygens (including phenoxy) is 4. The summed E-state index contributed by atoms with van der Waals surface area (Å²) in [7, 11) is 1.63. The maximum absolute atomic E-state index is 13.1. The number of hydrogen-bond donors (Lipinski definition) is 0. The van der Waals surface area contributed by atoms with Crippen molar-refractivity contribution in [3.63, 3.8) is 0 Å². The van der Waals surface area contributed by atoms with Crippen LogP contribution in [0.2, 0.25) is 5.28 Å². The summed E-state index contributed by atoms with van der Waals surface area (Å²) in [5.74, 6) is 5.59. The van der Waals surface area contributed by atoms with Gasteiger partial charge in [0.1, 0.15) is 40.2 Å². The zero-order chi connectivity index (χ0) is 96.5. The molecule has 8 heterocycles. The summed E-state index contributed by atoms with van der Waals surface area (Å²) in [6, 6.07) is 41.2. The molecule has 5 aromatic heterocycles. The molecule has 23 nitrogen and oxygen atoms in total. The van der Waals surface area contributed by atoms with Crippen LogP contribution in [0.1, 0.15) is 297 Å². The van der Waals surface area contributed by atoms with E-state index in [1.54, 1.807) is 21.8 Å². The van der Waals surface area contributed by atoms with Crippen molar-refractivity contribution in [1.29, 1.82) is 0 Å². The van der Waals surface area contributed by atoms with Crippen LogP contribution in [0.25, 0.3) is 61.7 Å². The summed E-state index contributed by atoms with van der Waals surface area (Å²) in [6.45, 7) is 37.7. The molecule has 0 N–H and O–H groups in total. The minimum absolute atomic E-state index is 0. The second-order valence-corrected chi connectivity index (χ2v) is 44.0. The number of nitrogens with zero attached hydrogens (tertiary/aromatic N) is 12. The van der Waals surface area contributed by atoms with E-state index in [9.17, 15) is 28.8 Å². The van der Waals surface area contributed by atoms with Gasteiger partial charge in [-0.1, -0.05) is 222 Å². The van der Waals surface area contributed by atoms with E-state index in [1.807, 2.05) is 136 Å². The number of ketones is 3. The van der Waals surface area contributed by atoms with Crippen molar-refractivity contribution < 1.29 is 52.2 Å². The van der Waals surface area contributed by atoms with E-state index in [-0.39, 0.29) is 104 Å². The molecule has 3 fully saturated rings. The molecule has 3 saturated carbocycles. The molecule has 11 aliphatic rings. The van der Waals surface area contributed by atoms with Crippen LogP contribution in [0, 0.1) is 41.4 Å². The van der Waals surface area contributed by atoms with Crippen molar-refractivity contribution in [3.8, 4) is 45.0 Å². The lowest BCUT2D eigenvalue weighted by atomic mass is 9.55. The molecule has 738 valence electrons. The maximum Gasteiger partial charge on any atom is 0.410 e. The Kier molecular flexibility index (Phi) is 30.6. The van der Waals surface area contributed by atoms with Gasteiger partial charge < -0.3 is 38.2 Å². The average molecular weight is 1910 g/mol. The standard InChI is InChI=1S/C31H36N4O3.C31H39N3O4.C30H37N3O3.C20H21ClN2O.3CH4/c1-19-24-14-13-23-25(20-10-7-6-8-11-20)33-28(21-12-9-15-35(18-21)29(36)37-30(2,3)4)34-27(23)31(24,5)16-22-17-32-38-26(19)22;1-19-23-15-14-22-25(20-11-8-7-9-12-20)32-28(33-27(22)31(23,5)17-24(37-6)26(19)35)21-13-10-16-34(18-21)29(36)38-30(2,3)4;1-19-23-14-13-22-25(20-10-7-6-8-11-20)31-27(32-26(22)30(23,5)16-15-24(19)34)21-12-9-17-33(18-21)28(35)36-29(2,3)4;1-12-15-9-8-14-17(13-6-4-3-5-7-13)22-19(21)23-18(14)20(15,2)11-10-16(12)24;;;/h6-8,10-12,17,19,24H,9,13-16,18H2,1-5H3;7-9,11-13,19,23-24H,10,14-18H2,1-6H3;6-8,10-12,19,23H,9,13-18H2,1-5H3;3-7,12,15H,8-11H2,1-2H3;3*1H4/t19-,24-,31-;19-,23-,24?,31-;19-,23-,30-;12-,15-,20-;;;/m1111.../s1. The van der Waals surface area contributed by atoms with Gasteiger partial charge in [-0.15, -0.1) is 0 Å². The molecule has 3 aliphatic heterocycles. The number of halogens is 1. The van der Waals surface area contributed by atoms with Crippen molar-refractivity contribution in [2.75, 3.05) is 46.4 Å². The van der Waals surface area contributed by atoms with Crippen LogP contribution in [0.5, 0.6) is 0 Å². The van der Waals surface area contributed by atoms with E-state index in [0.29, 0.717) is 111 Å². The molecular weight excluding hydrogens is 1760 g/mol. The highest BCUT2D eigenvalue weighted by Gasteiger charge is 2.57. The number of benzene rings is 4. The van der Waals surface area contributed by atoms with Gasteiger partial charge in [-0.05, 0) is 194 Å². The van der Waals surface area contributed by atoms with E-state index in [1.165, 1.54) is 22.3 Å². The molecule has 24 heteroatoms. The average Bonchev–Trinajstić information content (AvgIpc) is 1.51. The topological polar surface area (TPSA) is 278 Å². The minimum atomic E-state index is -0.558. The van der Waals surface area contributed by atoms with Crippen LogP contribution in [0.15, 0.2) is 150 Å². The predicted molar refractivity (Wildman–Crippen MR) is 548 cm³/mol. The Labute approximate surface area is 828 Å². The Morgan fingerprint density at radius 2 is 0.727 bits per heavy atom. The number of methoxy groups -OCH3 is 1. The normalized spacial score (nSPS) is 26.0. The second kappa shape index (κ2) is 41.1. The molecule has 3 amide bonds. The Morgan fingerprint density at radius 1 is 0.410 bits per heavy atom. The Morgan fingerprint density at radius 3 is 1.07 bits per heavy atom. The second-order valence-electron chi connectivity index (χ2n) is 43.6. The number of amides is 3. The van der Waals surface area contributed by atoms with Gasteiger partial charge in [0.15, 0.2) is 23.3 Å². The fourth-order valence-corrected chi connectivity index (χ4v) is 24.5. The lowest BCUT2D eigenvalue weighted by Crippen LogP contribution is -2.53. The van der Waals surface area contributed by atoms with Crippen LogP contribution in [0.4, 0.5) is 14.4 Å². The summed E-state index contributed by atoms with van der Waals surface area (Å²) in [4.78, 5) is 122. The summed E-state index contributed by atoms with van der Waals surface area (Å²) in [5, 5.41) is 4.44. The largest absolute Gasteiger partial charge is 0.444 e. The van der Waals surface area contributed by atoms with Crippen molar-refractivity contribution >= 4 is 63.9 Å². The summed E-state index contributed by atoms with van der Waals surface area (Å²) >= 11 is 6.30. The summed E-state index contributed by atoms with van der Waals surface area (Å²) < 4.78 is 28.3. The Balaban J connectivity index is 0.000000148. The fraction of sp³-hybridized carbons (Fsp3) is 0.522. The van der Waals surface area contributed by atoms with Gasteiger partial charge in [-0.2, -0.15) is 0 Å². The van der Waals surface area contributed by atoms with Crippen molar-refractivity contribution in [2.45, 2.75) is 300 Å². The van der Waals surface area contributed by atoms with Gasteiger partial charge in [0.25, 0.3) is 0 Å². The third-order valence-corrected chi connectivity index (χ3v) is 31.4. The van der Waals surface area contributed by atoms with Gasteiger partial charge in [0.05, 0.1) is 71.4 Å². The molecule has 20 rings (SSSR count). The quantitative estimate of drug-likeness (QED) is 0.101. The lowest BCUT2D eigenvalue weighted by molar-refractivity contribution is -0.143. The Bertz CT molecular complexity index is 6160. The minimum Gasteiger partial charge on any atom is -0.444 e. The molecule has 0 spiro atoms. The number of rotatable bonds is 8. The molecule has 139 heavy (non-hydrogen) atoms. The third kappa shape index (κ3) is 20.8. The molecule has 13 atom stereocenters. The van der Waals surface area contributed by atoms with Crippen LogP contribution in [-0.2, 0) is 87.1 Å². The smallest absolute Gasteiger partial charge is 0.410 e. The maximum atomic E-state index is 13.1. The Hall–Kier alpha value is -11.3. The first-order valence-corrected chi connectivity index (χ1v) is 49.7. The van der Waals surface area contributed by atoms with Gasteiger partial charge in [0.2, 0.25) is 5.28 Å². The highest BCUT2D eigenvalue weighted by Crippen LogP contribution is 2.58. The first kappa shape index (κ1) is 104. The third-order valence-electron chi connectivity index (χ3n) is 31.2. The van der Waals surface area contributed by atoms with Gasteiger partial charge >= 0.3 is 18.3 Å².